The molecule has 4 nitrogen and oxygen atoms in total. The molecule has 0 saturated heterocycles. The Balaban J connectivity index is 2.30. The van der Waals surface area contributed by atoms with Gasteiger partial charge in [-0.2, -0.15) is 0 Å². The normalized spacial score (nSPS) is 10.1. The van der Waals surface area contributed by atoms with Crippen molar-refractivity contribution in [2.45, 2.75) is 26.3 Å². The van der Waals surface area contributed by atoms with Crippen LogP contribution in [0.2, 0.25) is 0 Å². The lowest BCUT2D eigenvalue weighted by molar-refractivity contribution is 0.298. The lowest BCUT2D eigenvalue weighted by Gasteiger charge is -2.05. The molecule has 16 heavy (non-hydrogen) atoms. The summed E-state index contributed by atoms with van der Waals surface area (Å²) in [6, 6.07) is 0. The Hall–Kier alpha value is -1.42. The van der Waals surface area contributed by atoms with Crippen molar-refractivity contribution < 1.29 is 4.74 Å². The van der Waals surface area contributed by atoms with Gasteiger partial charge in [0.2, 0.25) is 5.88 Å². The maximum atomic E-state index is 5.43. The first-order valence-electron chi connectivity index (χ1n) is 5.62. The number of rotatable bonds is 8. The SMILES string of the molecule is C=CCCCOc1cnc(CNCC)cn1. The third-order valence-corrected chi connectivity index (χ3v) is 2.04. The summed E-state index contributed by atoms with van der Waals surface area (Å²) in [5.41, 5.74) is 0.931. The standard InChI is InChI=1S/C12H19N3O/c1-3-5-6-7-16-12-10-14-11(9-15-12)8-13-4-2/h3,9-10,13H,1,4-8H2,2H3. The predicted molar refractivity (Wildman–Crippen MR) is 64.3 cm³/mol. The molecule has 1 rings (SSSR count). The fraction of sp³-hybridized carbons (Fsp3) is 0.500. The van der Waals surface area contributed by atoms with Gasteiger partial charge >= 0.3 is 0 Å². The third-order valence-electron chi connectivity index (χ3n) is 2.04. The summed E-state index contributed by atoms with van der Waals surface area (Å²) in [7, 11) is 0. The van der Waals surface area contributed by atoms with Crippen LogP contribution in [-0.4, -0.2) is 23.1 Å². The molecule has 0 bridgehead atoms. The summed E-state index contributed by atoms with van der Waals surface area (Å²) in [6.07, 6.45) is 7.22. The summed E-state index contributed by atoms with van der Waals surface area (Å²) >= 11 is 0. The number of unbranched alkanes of at least 4 members (excludes halogenated alkanes) is 1. The molecule has 0 aromatic carbocycles. The second kappa shape index (κ2) is 7.82. The largest absolute Gasteiger partial charge is 0.477 e. The lowest BCUT2D eigenvalue weighted by Crippen LogP contribution is -2.13. The number of ether oxygens (including phenoxy) is 1. The molecule has 0 amide bonds. The number of nitrogens with one attached hydrogen (secondary N) is 1. The molecule has 88 valence electrons. The van der Waals surface area contributed by atoms with Gasteiger partial charge in [0.15, 0.2) is 0 Å². The average molecular weight is 221 g/mol. The molecule has 1 aromatic heterocycles. The second-order valence-electron chi connectivity index (χ2n) is 3.41. The quantitative estimate of drug-likeness (QED) is 0.538. The van der Waals surface area contributed by atoms with Gasteiger partial charge in [0, 0.05) is 6.54 Å². The van der Waals surface area contributed by atoms with E-state index < -0.39 is 0 Å². The molecule has 0 aliphatic rings. The predicted octanol–water partition coefficient (Wildman–Crippen LogP) is 1.93. The molecular formula is C12H19N3O. The van der Waals surface area contributed by atoms with Gasteiger partial charge in [-0.3, -0.25) is 4.98 Å². The van der Waals surface area contributed by atoms with Crippen molar-refractivity contribution in [1.82, 2.24) is 15.3 Å². The van der Waals surface area contributed by atoms with Crippen molar-refractivity contribution in [2.24, 2.45) is 0 Å². The van der Waals surface area contributed by atoms with Crippen LogP contribution in [0.4, 0.5) is 0 Å². The van der Waals surface area contributed by atoms with E-state index >= 15 is 0 Å². The topological polar surface area (TPSA) is 47.0 Å². The first-order valence-corrected chi connectivity index (χ1v) is 5.62. The van der Waals surface area contributed by atoms with E-state index in [4.69, 9.17) is 4.74 Å². The minimum Gasteiger partial charge on any atom is -0.477 e. The summed E-state index contributed by atoms with van der Waals surface area (Å²) in [4.78, 5) is 8.42. The molecule has 0 atom stereocenters. The molecule has 0 radical (unpaired) electrons. The van der Waals surface area contributed by atoms with Gasteiger partial charge in [0.05, 0.1) is 24.7 Å². The van der Waals surface area contributed by atoms with Crippen LogP contribution in [0.1, 0.15) is 25.5 Å². The van der Waals surface area contributed by atoms with Crippen LogP contribution in [0.25, 0.3) is 0 Å². The Morgan fingerprint density at radius 1 is 1.44 bits per heavy atom. The second-order valence-corrected chi connectivity index (χ2v) is 3.41. The van der Waals surface area contributed by atoms with Crippen molar-refractivity contribution in [3.05, 3.63) is 30.7 Å². The fourth-order valence-corrected chi connectivity index (χ4v) is 1.17. The number of aromatic nitrogens is 2. The Bertz CT molecular complexity index is 298. The number of hydrogen-bond acceptors (Lipinski definition) is 4. The zero-order chi connectivity index (χ0) is 11.6. The third kappa shape index (κ3) is 4.89. The number of allylic oxidation sites excluding steroid dienone is 1. The van der Waals surface area contributed by atoms with Gasteiger partial charge in [-0.25, -0.2) is 4.98 Å². The van der Waals surface area contributed by atoms with Gasteiger partial charge in [0.25, 0.3) is 0 Å². The Morgan fingerprint density at radius 3 is 2.94 bits per heavy atom. The molecule has 1 heterocycles. The molecule has 0 unspecified atom stereocenters. The minimum absolute atomic E-state index is 0.587. The Labute approximate surface area is 96.8 Å². The lowest BCUT2D eigenvalue weighted by atomic mass is 10.3. The van der Waals surface area contributed by atoms with E-state index in [-0.39, 0.29) is 0 Å². The van der Waals surface area contributed by atoms with Crippen LogP contribution in [-0.2, 0) is 6.54 Å². The van der Waals surface area contributed by atoms with E-state index in [0.717, 1.165) is 31.6 Å². The maximum absolute atomic E-state index is 5.43. The molecule has 4 heteroatoms. The molecular weight excluding hydrogens is 202 g/mol. The van der Waals surface area contributed by atoms with Crippen molar-refractivity contribution in [2.75, 3.05) is 13.2 Å². The summed E-state index contributed by atoms with van der Waals surface area (Å²) in [6.45, 7) is 8.06. The zero-order valence-electron chi connectivity index (χ0n) is 9.78. The molecule has 0 saturated carbocycles. The highest BCUT2D eigenvalue weighted by Crippen LogP contribution is 2.04. The van der Waals surface area contributed by atoms with E-state index in [0.29, 0.717) is 12.5 Å². The van der Waals surface area contributed by atoms with Crippen molar-refractivity contribution >= 4 is 0 Å². The zero-order valence-corrected chi connectivity index (χ0v) is 9.78. The van der Waals surface area contributed by atoms with E-state index in [2.05, 4.69) is 28.8 Å². The van der Waals surface area contributed by atoms with Crippen molar-refractivity contribution in [3.63, 3.8) is 0 Å². The molecule has 1 aromatic rings. The molecule has 0 aliphatic carbocycles. The van der Waals surface area contributed by atoms with Gasteiger partial charge in [-0.1, -0.05) is 13.0 Å². The number of nitrogens with zero attached hydrogens (tertiary/aromatic N) is 2. The van der Waals surface area contributed by atoms with Gasteiger partial charge < -0.3 is 10.1 Å². The smallest absolute Gasteiger partial charge is 0.232 e. The Kier molecular flexibility index (Phi) is 6.18. The van der Waals surface area contributed by atoms with Crippen LogP contribution in [0, 0.1) is 0 Å². The van der Waals surface area contributed by atoms with Crippen LogP contribution >= 0.6 is 0 Å². The molecule has 0 fully saturated rings. The average Bonchev–Trinajstić information content (AvgIpc) is 2.33. The maximum Gasteiger partial charge on any atom is 0.232 e. The van der Waals surface area contributed by atoms with Crippen LogP contribution in [0.15, 0.2) is 25.0 Å². The first kappa shape index (κ1) is 12.6. The summed E-state index contributed by atoms with van der Waals surface area (Å²) < 4.78 is 5.43. The number of hydrogen-bond donors (Lipinski definition) is 1. The summed E-state index contributed by atoms with van der Waals surface area (Å²) in [5.74, 6) is 0.587. The van der Waals surface area contributed by atoms with Crippen molar-refractivity contribution in [1.29, 1.82) is 0 Å². The highest BCUT2D eigenvalue weighted by atomic mass is 16.5. The van der Waals surface area contributed by atoms with Crippen molar-refractivity contribution in [3.8, 4) is 5.88 Å². The molecule has 1 N–H and O–H groups in total. The van der Waals surface area contributed by atoms with E-state index in [1.807, 2.05) is 6.08 Å². The fourth-order valence-electron chi connectivity index (χ4n) is 1.17. The van der Waals surface area contributed by atoms with Gasteiger partial charge in [-0.15, -0.1) is 6.58 Å². The highest BCUT2D eigenvalue weighted by molar-refractivity contribution is 5.07. The van der Waals surface area contributed by atoms with Crippen LogP contribution < -0.4 is 10.1 Å². The monoisotopic (exact) mass is 221 g/mol. The van der Waals surface area contributed by atoms with E-state index in [1.54, 1.807) is 12.4 Å². The first-order chi connectivity index (χ1) is 7.86. The summed E-state index contributed by atoms with van der Waals surface area (Å²) in [5, 5.41) is 3.19. The highest BCUT2D eigenvalue weighted by Gasteiger charge is 1.97. The van der Waals surface area contributed by atoms with Crippen LogP contribution in [0.3, 0.4) is 0 Å². The van der Waals surface area contributed by atoms with Gasteiger partial charge in [-0.05, 0) is 19.4 Å². The molecule has 0 aliphatic heterocycles. The van der Waals surface area contributed by atoms with E-state index in [1.165, 1.54) is 0 Å². The van der Waals surface area contributed by atoms with Crippen LogP contribution in [0.5, 0.6) is 5.88 Å². The van der Waals surface area contributed by atoms with E-state index in [9.17, 15) is 0 Å². The molecule has 0 spiro atoms. The Morgan fingerprint density at radius 2 is 2.31 bits per heavy atom. The van der Waals surface area contributed by atoms with Gasteiger partial charge in [0.1, 0.15) is 0 Å². The minimum atomic E-state index is 0.587.